The van der Waals surface area contributed by atoms with E-state index in [4.69, 9.17) is 5.11 Å². The molecule has 0 saturated carbocycles. The van der Waals surface area contributed by atoms with E-state index in [1.165, 1.54) is 0 Å². The molecule has 1 atom stereocenters. The molecule has 1 aromatic carbocycles. The van der Waals surface area contributed by atoms with Gasteiger partial charge in [0.25, 0.3) is 5.91 Å². The van der Waals surface area contributed by atoms with Crippen molar-refractivity contribution in [3.8, 4) is 0 Å². The monoisotopic (exact) mass is 288 g/mol. The van der Waals surface area contributed by atoms with Gasteiger partial charge in [-0.25, -0.2) is 0 Å². The second kappa shape index (κ2) is 5.60. The van der Waals surface area contributed by atoms with E-state index in [1.807, 2.05) is 32.2 Å². The van der Waals surface area contributed by atoms with Crippen LogP contribution in [0, 0.1) is 5.92 Å². The van der Waals surface area contributed by atoms with Crippen LogP contribution in [-0.2, 0) is 4.79 Å². The lowest BCUT2D eigenvalue weighted by molar-refractivity contribution is -0.138. The molecule has 1 aromatic heterocycles. The minimum absolute atomic E-state index is 0.00791. The number of hydrogen-bond donors (Lipinski definition) is 3. The highest BCUT2D eigenvalue weighted by molar-refractivity contribution is 5.98. The van der Waals surface area contributed by atoms with Crippen LogP contribution in [0.2, 0.25) is 0 Å². The van der Waals surface area contributed by atoms with E-state index in [9.17, 15) is 9.59 Å². The largest absolute Gasteiger partial charge is 0.481 e. The van der Waals surface area contributed by atoms with E-state index in [-0.39, 0.29) is 18.2 Å². The third kappa shape index (κ3) is 3.24. The summed E-state index contributed by atoms with van der Waals surface area (Å²) in [4.78, 5) is 26.5. The molecule has 2 aromatic rings. The molecule has 5 heteroatoms. The first-order valence-electron chi connectivity index (χ1n) is 6.93. The smallest absolute Gasteiger partial charge is 0.305 e. The zero-order valence-electron chi connectivity index (χ0n) is 12.4. The Morgan fingerprint density at radius 3 is 2.67 bits per heavy atom. The summed E-state index contributed by atoms with van der Waals surface area (Å²) in [6.45, 7) is 5.57. The Morgan fingerprint density at radius 1 is 1.33 bits per heavy atom. The molecule has 112 valence electrons. The van der Waals surface area contributed by atoms with Gasteiger partial charge in [0.15, 0.2) is 0 Å². The van der Waals surface area contributed by atoms with Gasteiger partial charge in [0.1, 0.15) is 0 Å². The molecular formula is C16H20N2O3. The van der Waals surface area contributed by atoms with Crippen molar-refractivity contribution < 1.29 is 14.7 Å². The summed E-state index contributed by atoms with van der Waals surface area (Å²) in [6, 6.07) is 7.26. The van der Waals surface area contributed by atoms with Gasteiger partial charge < -0.3 is 15.4 Å². The van der Waals surface area contributed by atoms with Crippen molar-refractivity contribution >= 4 is 22.8 Å². The number of rotatable bonds is 5. The SMILES string of the molecule is CC(C)C(C)(CC(=O)O)NC(=O)c1ccc2[nH]ccc2c1. The van der Waals surface area contributed by atoms with E-state index in [0.29, 0.717) is 5.56 Å². The van der Waals surface area contributed by atoms with Gasteiger partial charge in [0, 0.05) is 22.7 Å². The molecule has 0 fully saturated rings. The van der Waals surface area contributed by atoms with Gasteiger partial charge in [-0.1, -0.05) is 13.8 Å². The van der Waals surface area contributed by atoms with Gasteiger partial charge in [-0.3, -0.25) is 9.59 Å². The van der Waals surface area contributed by atoms with E-state index < -0.39 is 11.5 Å². The van der Waals surface area contributed by atoms with Crippen LogP contribution in [0.15, 0.2) is 30.5 Å². The summed E-state index contributed by atoms with van der Waals surface area (Å²) < 4.78 is 0. The summed E-state index contributed by atoms with van der Waals surface area (Å²) in [5.74, 6) is -1.17. The van der Waals surface area contributed by atoms with E-state index in [2.05, 4.69) is 10.3 Å². The summed E-state index contributed by atoms with van der Waals surface area (Å²) in [7, 11) is 0. The molecule has 0 aliphatic rings. The maximum atomic E-state index is 12.4. The van der Waals surface area contributed by atoms with Gasteiger partial charge in [-0.2, -0.15) is 0 Å². The van der Waals surface area contributed by atoms with Gasteiger partial charge in [0.05, 0.1) is 12.0 Å². The lowest BCUT2D eigenvalue weighted by Crippen LogP contribution is -2.51. The number of carboxylic acids is 1. The molecule has 1 amide bonds. The molecular weight excluding hydrogens is 268 g/mol. The quantitative estimate of drug-likeness (QED) is 0.791. The number of carbonyl (C=O) groups is 2. The van der Waals surface area contributed by atoms with Crippen molar-refractivity contribution in [3.63, 3.8) is 0 Å². The van der Waals surface area contributed by atoms with Crippen LogP contribution >= 0.6 is 0 Å². The van der Waals surface area contributed by atoms with Gasteiger partial charge in [0.2, 0.25) is 0 Å². The topological polar surface area (TPSA) is 82.2 Å². The molecule has 21 heavy (non-hydrogen) atoms. The average molecular weight is 288 g/mol. The maximum Gasteiger partial charge on any atom is 0.305 e. The number of fused-ring (bicyclic) bond motifs is 1. The van der Waals surface area contributed by atoms with Crippen LogP contribution < -0.4 is 5.32 Å². The number of aliphatic carboxylic acids is 1. The molecule has 0 spiro atoms. The Labute approximate surface area is 123 Å². The first kappa shape index (κ1) is 15.1. The van der Waals surface area contributed by atoms with Gasteiger partial charge >= 0.3 is 5.97 Å². The molecule has 1 unspecified atom stereocenters. The van der Waals surface area contributed by atoms with Crippen LogP contribution in [-0.4, -0.2) is 27.5 Å². The Balaban J connectivity index is 2.23. The number of carbonyl (C=O) groups excluding carboxylic acids is 1. The predicted octanol–water partition coefficient (Wildman–Crippen LogP) is 2.79. The Hall–Kier alpha value is -2.30. The van der Waals surface area contributed by atoms with E-state index >= 15 is 0 Å². The van der Waals surface area contributed by atoms with E-state index in [1.54, 1.807) is 19.1 Å². The fourth-order valence-corrected chi connectivity index (χ4v) is 2.23. The molecule has 0 bridgehead atoms. The maximum absolute atomic E-state index is 12.4. The summed E-state index contributed by atoms with van der Waals surface area (Å²) in [5, 5.41) is 12.9. The second-order valence-electron chi connectivity index (χ2n) is 5.88. The minimum Gasteiger partial charge on any atom is -0.481 e. The molecule has 0 aliphatic heterocycles. The number of hydrogen-bond acceptors (Lipinski definition) is 2. The van der Waals surface area contributed by atoms with Crippen LogP contribution in [0.1, 0.15) is 37.6 Å². The minimum atomic E-state index is -0.924. The standard InChI is InChI=1S/C16H20N2O3/c1-10(2)16(3,9-14(19)20)18-15(21)12-4-5-13-11(8-12)6-7-17-13/h4-8,10,17H,9H2,1-3H3,(H,18,21)(H,19,20). The summed E-state index contributed by atoms with van der Waals surface area (Å²) >= 11 is 0. The van der Waals surface area contributed by atoms with Gasteiger partial charge in [-0.15, -0.1) is 0 Å². The highest BCUT2D eigenvalue weighted by Crippen LogP contribution is 2.22. The van der Waals surface area contributed by atoms with Crippen molar-refractivity contribution in [1.29, 1.82) is 0 Å². The summed E-state index contributed by atoms with van der Waals surface area (Å²) in [5.41, 5.74) is 0.707. The fourth-order valence-electron chi connectivity index (χ4n) is 2.23. The molecule has 1 heterocycles. The van der Waals surface area contributed by atoms with Crippen molar-refractivity contribution in [2.24, 2.45) is 5.92 Å². The number of H-pyrrole nitrogens is 1. The Bertz CT molecular complexity index is 675. The molecule has 0 radical (unpaired) electrons. The lowest BCUT2D eigenvalue weighted by atomic mass is 9.85. The molecule has 0 saturated heterocycles. The number of aromatic nitrogens is 1. The van der Waals surface area contributed by atoms with E-state index in [0.717, 1.165) is 10.9 Å². The molecule has 2 rings (SSSR count). The molecule has 0 aliphatic carbocycles. The van der Waals surface area contributed by atoms with Crippen LogP contribution in [0.4, 0.5) is 0 Å². The zero-order chi connectivity index (χ0) is 15.6. The van der Waals surface area contributed by atoms with Crippen LogP contribution in [0.25, 0.3) is 10.9 Å². The van der Waals surface area contributed by atoms with Crippen molar-refractivity contribution in [3.05, 3.63) is 36.0 Å². The van der Waals surface area contributed by atoms with Crippen molar-refractivity contribution in [2.45, 2.75) is 32.7 Å². The number of aromatic amines is 1. The normalized spacial score (nSPS) is 14.1. The number of amides is 1. The fraction of sp³-hybridized carbons (Fsp3) is 0.375. The Kier molecular flexibility index (Phi) is 4.02. The second-order valence-corrected chi connectivity index (χ2v) is 5.88. The molecule has 3 N–H and O–H groups in total. The van der Waals surface area contributed by atoms with Crippen LogP contribution in [0.5, 0.6) is 0 Å². The predicted molar refractivity (Wildman–Crippen MR) is 81.3 cm³/mol. The highest BCUT2D eigenvalue weighted by atomic mass is 16.4. The Morgan fingerprint density at radius 2 is 2.05 bits per heavy atom. The average Bonchev–Trinajstić information content (AvgIpc) is 2.84. The van der Waals surface area contributed by atoms with Crippen LogP contribution in [0.3, 0.4) is 0 Å². The third-order valence-electron chi connectivity index (χ3n) is 4.01. The van der Waals surface area contributed by atoms with Crippen molar-refractivity contribution in [2.75, 3.05) is 0 Å². The first-order valence-corrected chi connectivity index (χ1v) is 6.93. The van der Waals surface area contributed by atoms with Gasteiger partial charge in [-0.05, 0) is 37.1 Å². The number of benzene rings is 1. The first-order chi connectivity index (χ1) is 9.82. The number of carboxylic acid groups (broad SMARTS) is 1. The lowest BCUT2D eigenvalue weighted by Gasteiger charge is -2.33. The highest BCUT2D eigenvalue weighted by Gasteiger charge is 2.33. The zero-order valence-corrected chi connectivity index (χ0v) is 12.4. The van der Waals surface area contributed by atoms with Crippen molar-refractivity contribution in [1.82, 2.24) is 10.3 Å². The number of nitrogens with one attached hydrogen (secondary N) is 2. The third-order valence-corrected chi connectivity index (χ3v) is 4.01. The summed E-state index contributed by atoms with van der Waals surface area (Å²) in [6.07, 6.45) is 1.71. The molecule has 5 nitrogen and oxygen atoms in total.